The minimum absolute atomic E-state index is 0. The van der Waals surface area contributed by atoms with Gasteiger partial charge in [0.1, 0.15) is 0 Å². The van der Waals surface area contributed by atoms with Crippen molar-refractivity contribution in [1.29, 1.82) is 0 Å². The second-order valence-corrected chi connectivity index (χ2v) is 7.63. The van der Waals surface area contributed by atoms with Crippen LogP contribution in [0.4, 0.5) is 5.69 Å². The molecule has 2 nitrogen and oxygen atoms in total. The SMILES string of the molecule is CC(C)c1cccc(C(C)C)c1[N-]C(C)c1[c-]c(-c2ccccn2)ccc1.[CH3-].[CH3-].[Hf+4]. The molecule has 2 aromatic carbocycles. The van der Waals surface area contributed by atoms with Crippen molar-refractivity contribution in [2.75, 3.05) is 0 Å². The molecule has 0 saturated carbocycles. The summed E-state index contributed by atoms with van der Waals surface area (Å²) in [6, 6.07) is 22.3. The minimum Gasteiger partial charge on any atom is -0.679 e. The van der Waals surface area contributed by atoms with Crippen LogP contribution in [0, 0.1) is 20.9 Å². The first-order chi connectivity index (χ1) is 13.0. The zero-order valence-corrected chi connectivity index (χ0v) is 23.0. The molecule has 30 heavy (non-hydrogen) atoms. The van der Waals surface area contributed by atoms with Crippen molar-refractivity contribution in [1.82, 2.24) is 4.98 Å². The second kappa shape index (κ2) is 12.8. The molecule has 1 unspecified atom stereocenters. The summed E-state index contributed by atoms with van der Waals surface area (Å²) in [5, 5.41) is 5.15. The quantitative estimate of drug-likeness (QED) is 0.218. The molecule has 0 fully saturated rings. The Morgan fingerprint density at radius 1 is 0.767 bits per heavy atom. The Bertz CT molecular complexity index is 862. The maximum atomic E-state index is 5.15. The molecule has 1 aromatic heterocycles. The molecule has 0 spiro atoms. The van der Waals surface area contributed by atoms with Crippen molar-refractivity contribution in [3.63, 3.8) is 0 Å². The van der Waals surface area contributed by atoms with Crippen LogP contribution in [0.15, 0.2) is 60.8 Å². The zero-order valence-electron chi connectivity index (χ0n) is 19.4. The first-order valence-electron chi connectivity index (χ1n) is 9.74. The Kier molecular flexibility index (Phi) is 12.1. The van der Waals surface area contributed by atoms with Crippen molar-refractivity contribution in [3.05, 3.63) is 104 Å². The smallest absolute Gasteiger partial charge is 0.679 e. The van der Waals surface area contributed by atoms with Gasteiger partial charge in [0.25, 0.3) is 0 Å². The van der Waals surface area contributed by atoms with E-state index in [-0.39, 0.29) is 46.7 Å². The van der Waals surface area contributed by atoms with Gasteiger partial charge < -0.3 is 25.2 Å². The summed E-state index contributed by atoms with van der Waals surface area (Å²) in [6.45, 7) is 11.1. The molecule has 0 aliphatic heterocycles. The van der Waals surface area contributed by atoms with E-state index in [0.717, 1.165) is 22.5 Å². The van der Waals surface area contributed by atoms with Gasteiger partial charge in [0.15, 0.2) is 0 Å². The Morgan fingerprint density at radius 2 is 1.37 bits per heavy atom. The van der Waals surface area contributed by atoms with E-state index in [4.69, 9.17) is 5.32 Å². The molecule has 1 atom stereocenters. The number of nitrogens with zero attached hydrogens (tertiary/aromatic N) is 2. The number of aromatic nitrogens is 1. The summed E-state index contributed by atoms with van der Waals surface area (Å²) in [5.41, 5.74) is 6.81. The van der Waals surface area contributed by atoms with Crippen molar-refractivity contribution in [2.24, 2.45) is 0 Å². The Labute approximate surface area is 203 Å². The van der Waals surface area contributed by atoms with Gasteiger partial charge in [-0.05, 0) is 23.6 Å². The third-order valence-electron chi connectivity index (χ3n) is 4.87. The maximum absolute atomic E-state index is 5.15. The predicted molar refractivity (Wildman–Crippen MR) is 127 cm³/mol. The Hall–Kier alpha value is -1.74. The van der Waals surface area contributed by atoms with Gasteiger partial charge in [-0.25, -0.2) is 0 Å². The van der Waals surface area contributed by atoms with Crippen LogP contribution < -0.4 is 0 Å². The molecule has 156 valence electrons. The third kappa shape index (κ3) is 6.63. The van der Waals surface area contributed by atoms with E-state index in [1.54, 1.807) is 0 Å². The van der Waals surface area contributed by atoms with Crippen molar-refractivity contribution in [2.45, 2.75) is 52.5 Å². The average molecular weight is 565 g/mol. The monoisotopic (exact) mass is 566 g/mol. The van der Waals surface area contributed by atoms with Crippen LogP contribution in [0.25, 0.3) is 16.6 Å². The van der Waals surface area contributed by atoms with Gasteiger partial charge in [-0.2, -0.15) is 0 Å². The molecular formula is C27H34HfN2. The fourth-order valence-corrected chi connectivity index (χ4v) is 3.33. The third-order valence-corrected chi connectivity index (χ3v) is 4.87. The summed E-state index contributed by atoms with van der Waals surface area (Å²) in [6.07, 6.45) is 1.82. The van der Waals surface area contributed by atoms with Crippen molar-refractivity contribution < 1.29 is 25.8 Å². The molecule has 3 rings (SSSR count). The molecular weight excluding hydrogens is 531 g/mol. The number of benzene rings is 2. The van der Waals surface area contributed by atoms with E-state index in [1.807, 2.05) is 24.4 Å². The Balaban J connectivity index is 0.00000280. The van der Waals surface area contributed by atoms with Gasteiger partial charge in [0, 0.05) is 6.20 Å². The summed E-state index contributed by atoms with van der Waals surface area (Å²) in [5.74, 6) is 0.886. The topological polar surface area (TPSA) is 27.0 Å². The summed E-state index contributed by atoms with van der Waals surface area (Å²) in [4.78, 5) is 4.45. The number of hydrogen-bond acceptors (Lipinski definition) is 1. The summed E-state index contributed by atoms with van der Waals surface area (Å²) >= 11 is 0. The van der Waals surface area contributed by atoms with Crippen LogP contribution >= 0.6 is 0 Å². The molecule has 0 bridgehead atoms. The molecule has 1 heterocycles. The van der Waals surface area contributed by atoms with Gasteiger partial charge in [0.05, 0.1) is 0 Å². The zero-order chi connectivity index (χ0) is 19.4. The van der Waals surface area contributed by atoms with E-state index in [1.165, 1.54) is 11.1 Å². The maximum Gasteiger partial charge on any atom is 4.00 e. The molecule has 0 amide bonds. The van der Waals surface area contributed by atoms with Gasteiger partial charge in [-0.15, -0.1) is 47.1 Å². The molecule has 0 N–H and O–H groups in total. The van der Waals surface area contributed by atoms with Crippen LogP contribution in [0.1, 0.15) is 69.2 Å². The fourth-order valence-electron chi connectivity index (χ4n) is 3.33. The molecule has 3 aromatic rings. The normalized spacial score (nSPS) is 11.2. The van der Waals surface area contributed by atoms with Gasteiger partial charge in [-0.3, -0.25) is 0 Å². The minimum atomic E-state index is 0. The van der Waals surface area contributed by atoms with Crippen LogP contribution in [0.3, 0.4) is 0 Å². The predicted octanol–water partition coefficient (Wildman–Crippen LogP) is 8.46. The molecule has 0 aliphatic rings. The van der Waals surface area contributed by atoms with Crippen molar-refractivity contribution >= 4 is 5.69 Å². The fraction of sp³-hybridized carbons (Fsp3) is 0.296. The number of hydrogen-bond donors (Lipinski definition) is 0. The van der Waals surface area contributed by atoms with Crippen LogP contribution in [-0.2, 0) is 25.8 Å². The largest absolute Gasteiger partial charge is 4.00 e. The van der Waals surface area contributed by atoms with E-state index in [9.17, 15) is 0 Å². The van der Waals surface area contributed by atoms with Crippen LogP contribution in [0.5, 0.6) is 0 Å². The number of rotatable bonds is 6. The summed E-state index contributed by atoms with van der Waals surface area (Å²) < 4.78 is 0. The van der Waals surface area contributed by atoms with Gasteiger partial charge in [-0.1, -0.05) is 76.1 Å². The van der Waals surface area contributed by atoms with Crippen molar-refractivity contribution in [3.8, 4) is 11.3 Å². The molecule has 0 radical (unpaired) electrons. The van der Waals surface area contributed by atoms with E-state index in [2.05, 4.69) is 82.1 Å². The second-order valence-electron chi connectivity index (χ2n) is 7.63. The van der Waals surface area contributed by atoms with Gasteiger partial charge in [0.2, 0.25) is 0 Å². The molecule has 0 saturated heterocycles. The Morgan fingerprint density at radius 3 is 1.90 bits per heavy atom. The number of para-hydroxylation sites is 1. The average Bonchev–Trinajstić information content (AvgIpc) is 2.68. The standard InChI is InChI=1S/C25H28N2.2CH3.Hf/c1-17(2)22-12-9-13-23(18(3)4)25(22)27-19(5)20-10-8-11-21(16-20)24-14-6-7-15-26-24;;;/h6-15,17-19H,1-5H3;2*1H3;/q-2;2*-1;+4. The van der Waals surface area contributed by atoms with Gasteiger partial charge >= 0.3 is 25.8 Å². The molecule has 0 aliphatic carbocycles. The van der Waals surface area contributed by atoms with Crippen LogP contribution in [0.2, 0.25) is 0 Å². The first-order valence-corrected chi connectivity index (χ1v) is 9.74. The first kappa shape index (κ1) is 28.3. The number of pyridine rings is 1. The van der Waals surface area contributed by atoms with E-state index < -0.39 is 0 Å². The molecule has 3 heteroatoms. The summed E-state index contributed by atoms with van der Waals surface area (Å²) in [7, 11) is 0. The van der Waals surface area contributed by atoms with E-state index >= 15 is 0 Å². The van der Waals surface area contributed by atoms with E-state index in [0.29, 0.717) is 11.8 Å². The van der Waals surface area contributed by atoms with Crippen LogP contribution in [-0.4, -0.2) is 4.98 Å².